The molecule has 1 amide bonds. The minimum absolute atomic E-state index is 0.0947. The zero-order valence-electron chi connectivity index (χ0n) is 16.3. The summed E-state index contributed by atoms with van der Waals surface area (Å²) in [5.74, 6) is 0.620. The van der Waals surface area contributed by atoms with E-state index in [2.05, 4.69) is 31.7 Å². The van der Waals surface area contributed by atoms with Crippen molar-refractivity contribution in [1.82, 2.24) is 20.3 Å². The summed E-state index contributed by atoms with van der Waals surface area (Å²) >= 11 is 1.39. The number of aromatic nitrogens is 3. The van der Waals surface area contributed by atoms with Crippen LogP contribution in [0.15, 0.2) is 55.0 Å². The van der Waals surface area contributed by atoms with E-state index in [0.29, 0.717) is 23.8 Å². The van der Waals surface area contributed by atoms with Crippen LogP contribution < -0.4 is 10.6 Å². The molecule has 0 aliphatic rings. The average molecular weight is 404 g/mol. The fourth-order valence-electron chi connectivity index (χ4n) is 3.18. The third kappa shape index (κ3) is 4.25. The lowest BCUT2D eigenvalue weighted by Crippen LogP contribution is -2.22. The minimum atomic E-state index is -0.0947. The zero-order chi connectivity index (χ0) is 20.2. The normalized spacial score (nSPS) is 10.8. The number of anilines is 1. The van der Waals surface area contributed by atoms with Crippen LogP contribution in [-0.2, 0) is 13.1 Å². The summed E-state index contributed by atoms with van der Waals surface area (Å²) in [5, 5.41) is 7.22. The van der Waals surface area contributed by atoms with E-state index in [1.165, 1.54) is 23.2 Å². The molecule has 29 heavy (non-hydrogen) atoms. The molecule has 2 N–H and O–H groups in total. The van der Waals surface area contributed by atoms with Crippen molar-refractivity contribution >= 4 is 33.3 Å². The van der Waals surface area contributed by atoms with E-state index < -0.39 is 0 Å². The smallest absolute Gasteiger partial charge is 0.261 e. The predicted octanol–water partition coefficient (Wildman–Crippen LogP) is 4.25. The Morgan fingerprint density at radius 3 is 2.72 bits per heavy atom. The second kappa shape index (κ2) is 8.36. The highest BCUT2D eigenvalue weighted by atomic mass is 32.1. The average Bonchev–Trinajstić information content (AvgIpc) is 3.09. The van der Waals surface area contributed by atoms with Crippen LogP contribution >= 0.6 is 11.3 Å². The summed E-state index contributed by atoms with van der Waals surface area (Å²) in [5.41, 5.74) is 4.06. The molecule has 0 unspecified atom stereocenters. The van der Waals surface area contributed by atoms with Crippen LogP contribution in [0.25, 0.3) is 10.2 Å². The molecule has 4 rings (SSSR count). The quantitative estimate of drug-likeness (QED) is 0.503. The molecule has 0 saturated heterocycles. The number of carbonyl (C=O) groups excluding carboxylic acids is 1. The first-order valence-corrected chi connectivity index (χ1v) is 10.1. The number of hydrogen-bond acceptors (Lipinski definition) is 6. The van der Waals surface area contributed by atoms with Crippen LogP contribution in [0.3, 0.4) is 0 Å². The van der Waals surface area contributed by atoms with Gasteiger partial charge in [-0.05, 0) is 37.1 Å². The lowest BCUT2D eigenvalue weighted by molar-refractivity contribution is 0.0954. The molecule has 6 nitrogen and oxygen atoms in total. The van der Waals surface area contributed by atoms with Crippen LogP contribution in [0.4, 0.5) is 5.82 Å². The summed E-state index contributed by atoms with van der Waals surface area (Å²) in [7, 11) is 0. The maximum atomic E-state index is 12.8. The van der Waals surface area contributed by atoms with Crippen molar-refractivity contribution in [3.05, 3.63) is 82.3 Å². The molecule has 0 spiro atoms. The van der Waals surface area contributed by atoms with Gasteiger partial charge in [-0.2, -0.15) is 0 Å². The van der Waals surface area contributed by atoms with Gasteiger partial charge >= 0.3 is 0 Å². The molecule has 0 aliphatic carbocycles. The van der Waals surface area contributed by atoms with E-state index in [-0.39, 0.29) is 5.91 Å². The first-order chi connectivity index (χ1) is 14.1. The molecule has 146 valence electrons. The van der Waals surface area contributed by atoms with Gasteiger partial charge in [0.15, 0.2) is 0 Å². The number of carbonyl (C=O) groups is 1. The van der Waals surface area contributed by atoms with E-state index in [9.17, 15) is 4.79 Å². The van der Waals surface area contributed by atoms with Gasteiger partial charge in [0.1, 0.15) is 17.0 Å². The van der Waals surface area contributed by atoms with Gasteiger partial charge in [-0.15, -0.1) is 11.3 Å². The molecule has 0 saturated carbocycles. The van der Waals surface area contributed by atoms with Crippen molar-refractivity contribution in [1.29, 1.82) is 0 Å². The molecular formula is C22H21N5OS. The number of amides is 1. The molecule has 0 atom stereocenters. The van der Waals surface area contributed by atoms with Crippen molar-refractivity contribution < 1.29 is 4.79 Å². The maximum Gasteiger partial charge on any atom is 0.261 e. The van der Waals surface area contributed by atoms with Gasteiger partial charge in [-0.3, -0.25) is 9.78 Å². The third-order valence-electron chi connectivity index (χ3n) is 4.63. The van der Waals surface area contributed by atoms with Gasteiger partial charge < -0.3 is 10.6 Å². The van der Waals surface area contributed by atoms with Crippen molar-refractivity contribution in [3.63, 3.8) is 0 Å². The highest BCUT2D eigenvalue weighted by Gasteiger charge is 2.19. The summed E-state index contributed by atoms with van der Waals surface area (Å²) < 4.78 is 0. The van der Waals surface area contributed by atoms with Gasteiger partial charge in [0, 0.05) is 12.7 Å². The predicted molar refractivity (Wildman–Crippen MR) is 116 cm³/mol. The maximum absolute atomic E-state index is 12.8. The number of rotatable bonds is 6. The molecule has 7 heteroatoms. The molecule has 0 radical (unpaired) electrons. The Morgan fingerprint density at radius 2 is 1.93 bits per heavy atom. The van der Waals surface area contributed by atoms with E-state index in [0.717, 1.165) is 27.0 Å². The van der Waals surface area contributed by atoms with Crippen LogP contribution in [0.2, 0.25) is 0 Å². The van der Waals surface area contributed by atoms with Gasteiger partial charge in [0.25, 0.3) is 5.91 Å². The largest absolute Gasteiger partial charge is 0.364 e. The molecule has 1 aromatic carbocycles. The highest BCUT2D eigenvalue weighted by molar-refractivity contribution is 7.20. The van der Waals surface area contributed by atoms with E-state index in [1.807, 2.05) is 50.2 Å². The second-order valence-corrected chi connectivity index (χ2v) is 7.80. The fraction of sp³-hybridized carbons (Fsp3) is 0.182. The third-order valence-corrected chi connectivity index (χ3v) is 5.83. The van der Waals surface area contributed by atoms with Gasteiger partial charge in [0.2, 0.25) is 0 Å². The lowest BCUT2D eigenvalue weighted by Gasteiger charge is -2.07. The number of nitrogens with one attached hydrogen (secondary N) is 2. The first kappa shape index (κ1) is 19.0. The van der Waals surface area contributed by atoms with Crippen LogP contribution in [0.1, 0.15) is 32.1 Å². The van der Waals surface area contributed by atoms with Crippen molar-refractivity contribution in [3.8, 4) is 0 Å². The van der Waals surface area contributed by atoms with Crippen LogP contribution in [-0.4, -0.2) is 20.9 Å². The Bertz CT molecular complexity index is 1160. The highest BCUT2D eigenvalue weighted by Crippen LogP contribution is 2.33. The van der Waals surface area contributed by atoms with Crippen molar-refractivity contribution in [2.75, 3.05) is 5.32 Å². The SMILES string of the molecule is Cc1cccc(CNC(=O)c2sc3ncnc(NCc4ccccn4)c3c2C)c1. The Morgan fingerprint density at radius 1 is 1.03 bits per heavy atom. The molecule has 4 aromatic rings. The summed E-state index contributed by atoms with van der Waals surface area (Å²) in [6, 6.07) is 13.9. The molecule has 0 bridgehead atoms. The van der Waals surface area contributed by atoms with Gasteiger partial charge in [-0.1, -0.05) is 35.9 Å². The van der Waals surface area contributed by atoms with Crippen LogP contribution in [0, 0.1) is 13.8 Å². The number of pyridine rings is 1. The first-order valence-electron chi connectivity index (χ1n) is 9.33. The van der Waals surface area contributed by atoms with Crippen molar-refractivity contribution in [2.45, 2.75) is 26.9 Å². The number of hydrogen-bond donors (Lipinski definition) is 2. The standard InChI is InChI=1S/C22H21N5OS/c1-14-6-5-7-16(10-14)11-25-21(28)19-15(2)18-20(26-13-27-22(18)29-19)24-12-17-8-3-4-9-23-17/h3-10,13H,11-12H2,1-2H3,(H,25,28)(H,24,26,27). The number of benzene rings is 1. The van der Waals surface area contributed by atoms with Gasteiger partial charge in [-0.25, -0.2) is 9.97 Å². The number of nitrogens with zero attached hydrogens (tertiary/aromatic N) is 3. The van der Waals surface area contributed by atoms with Gasteiger partial charge in [0.05, 0.1) is 22.5 Å². The fourth-order valence-corrected chi connectivity index (χ4v) is 4.25. The summed E-state index contributed by atoms with van der Waals surface area (Å²) in [4.78, 5) is 27.3. The van der Waals surface area contributed by atoms with E-state index in [4.69, 9.17) is 0 Å². The number of aryl methyl sites for hydroxylation is 2. The monoisotopic (exact) mass is 403 g/mol. The summed E-state index contributed by atoms with van der Waals surface area (Å²) in [6.07, 6.45) is 3.28. The number of thiophene rings is 1. The molecule has 0 aliphatic heterocycles. The molecule has 0 fully saturated rings. The Kier molecular flexibility index (Phi) is 5.48. The van der Waals surface area contributed by atoms with E-state index >= 15 is 0 Å². The van der Waals surface area contributed by atoms with E-state index in [1.54, 1.807) is 6.20 Å². The lowest BCUT2D eigenvalue weighted by atomic mass is 10.1. The second-order valence-electron chi connectivity index (χ2n) is 6.80. The van der Waals surface area contributed by atoms with Crippen molar-refractivity contribution in [2.24, 2.45) is 0 Å². The van der Waals surface area contributed by atoms with Crippen LogP contribution in [0.5, 0.6) is 0 Å². The summed E-state index contributed by atoms with van der Waals surface area (Å²) in [6.45, 7) is 5.02. The number of fused-ring (bicyclic) bond motifs is 1. The Labute approximate surface area is 173 Å². The Balaban J connectivity index is 1.54. The zero-order valence-corrected chi connectivity index (χ0v) is 17.1. The molecule has 3 aromatic heterocycles. The Hall–Kier alpha value is -3.32. The molecular weight excluding hydrogens is 382 g/mol. The topological polar surface area (TPSA) is 79.8 Å². The molecule has 3 heterocycles. The minimum Gasteiger partial charge on any atom is -0.364 e.